The zero-order chi connectivity index (χ0) is 31.8. The van der Waals surface area contributed by atoms with Gasteiger partial charge in [-0.25, -0.2) is 8.42 Å². The summed E-state index contributed by atoms with van der Waals surface area (Å²) in [4.78, 5) is 29.3. The Balaban J connectivity index is 1.93. The zero-order valence-electron chi connectivity index (χ0n) is 25.1. The van der Waals surface area contributed by atoms with Crippen molar-refractivity contribution in [3.05, 3.63) is 94.0 Å². The quantitative estimate of drug-likeness (QED) is 0.242. The van der Waals surface area contributed by atoms with Crippen LogP contribution in [0.15, 0.2) is 72.8 Å². The molecular weight excluding hydrogens is 609 g/mol. The average Bonchev–Trinajstić information content (AvgIpc) is 2.92. The number of methoxy groups -OCH3 is 1. The van der Waals surface area contributed by atoms with E-state index in [1.165, 1.54) is 16.3 Å². The fourth-order valence-electron chi connectivity index (χ4n) is 4.61. The monoisotopic (exact) mass is 647 g/mol. The molecule has 0 saturated carbocycles. The number of carbonyl (C=O) groups excluding carboxylic acids is 2. The highest BCUT2D eigenvalue weighted by Gasteiger charge is 2.32. The van der Waals surface area contributed by atoms with Gasteiger partial charge < -0.3 is 15.0 Å². The van der Waals surface area contributed by atoms with E-state index in [1.807, 2.05) is 51.1 Å². The third-order valence-electron chi connectivity index (χ3n) is 6.62. The fraction of sp³-hybridized carbons (Fsp3) is 0.375. The number of carbonyl (C=O) groups is 2. The number of rotatable bonds is 13. The highest BCUT2D eigenvalue weighted by atomic mass is 35.5. The van der Waals surface area contributed by atoms with Gasteiger partial charge >= 0.3 is 0 Å². The summed E-state index contributed by atoms with van der Waals surface area (Å²) in [6.07, 6.45) is 1.61. The van der Waals surface area contributed by atoms with Gasteiger partial charge in [0, 0.05) is 47.6 Å². The lowest BCUT2D eigenvalue weighted by atomic mass is 10.00. The van der Waals surface area contributed by atoms with E-state index in [0.717, 1.165) is 11.8 Å². The minimum absolute atomic E-state index is 0.00468. The highest BCUT2D eigenvalue weighted by molar-refractivity contribution is 7.92. The summed E-state index contributed by atoms with van der Waals surface area (Å²) in [7, 11) is -2.15. The number of anilines is 1. The van der Waals surface area contributed by atoms with E-state index in [2.05, 4.69) is 5.32 Å². The summed E-state index contributed by atoms with van der Waals surface area (Å²) in [5.41, 5.74) is 1.42. The van der Waals surface area contributed by atoms with Gasteiger partial charge in [0.15, 0.2) is 0 Å². The Bertz CT molecular complexity index is 1510. The van der Waals surface area contributed by atoms with Gasteiger partial charge in [0.25, 0.3) is 0 Å². The Kier molecular flexibility index (Phi) is 11.9. The molecule has 1 atom stereocenters. The van der Waals surface area contributed by atoms with Crippen LogP contribution in [0.1, 0.15) is 44.7 Å². The lowest BCUT2D eigenvalue weighted by Gasteiger charge is -2.34. The van der Waals surface area contributed by atoms with Gasteiger partial charge in [-0.3, -0.25) is 13.9 Å². The van der Waals surface area contributed by atoms with Crippen molar-refractivity contribution in [2.75, 3.05) is 24.2 Å². The smallest absolute Gasteiger partial charge is 0.243 e. The van der Waals surface area contributed by atoms with Crippen LogP contribution in [-0.2, 0) is 32.6 Å². The first-order valence-corrected chi connectivity index (χ1v) is 16.5. The van der Waals surface area contributed by atoms with Crippen LogP contribution in [0.4, 0.5) is 5.69 Å². The van der Waals surface area contributed by atoms with Crippen molar-refractivity contribution in [1.29, 1.82) is 0 Å². The minimum Gasteiger partial charge on any atom is -0.497 e. The van der Waals surface area contributed by atoms with Crippen LogP contribution >= 0.6 is 23.2 Å². The van der Waals surface area contributed by atoms with Gasteiger partial charge in [-0.15, -0.1) is 0 Å². The standard InChI is InChI=1S/C32H39Cl2N3O5S/c1-32(2,3)35-31(39)29(19-23-11-7-6-8-12-23)36(22-24-16-17-25(33)20-28(24)34)30(38)15-10-18-37(43(5,40)41)26-13-9-14-27(21-26)42-4/h6-9,11-14,16-17,20-21,29H,10,15,18-19,22H2,1-5H3,(H,35,39). The Morgan fingerprint density at radius 1 is 0.977 bits per heavy atom. The molecule has 0 aromatic heterocycles. The van der Waals surface area contributed by atoms with Crippen molar-refractivity contribution >= 4 is 50.7 Å². The molecule has 1 N–H and O–H groups in total. The molecule has 0 fully saturated rings. The molecule has 0 saturated heterocycles. The van der Waals surface area contributed by atoms with Gasteiger partial charge in [-0.05, 0) is 62.6 Å². The van der Waals surface area contributed by atoms with E-state index >= 15 is 0 Å². The minimum atomic E-state index is -3.65. The van der Waals surface area contributed by atoms with Crippen molar-refractivity contribution < 1.29 is 22.7 Å². The molecule has 43 heavy (non-hydrogen) atoms. The molecule has 0 aliphatic rings. The van der Waals surface area contributed by atoms with E-state index in [4.69, 9.17) is 27.9 Å². The maximum Gasteiger partial charge on any atom is 0.243 e. The molecule has 0 heterocycles. The number of sulfonamides is 1. The van der Waals surface area contributed by atoms with Crippen molar-refractivity contribution in [2.24, 2.45) is 0 Å². The first kappa shape index (κ1) is 34.2. The first-order valence-electron chi connectivity index (χ1n) is 13.9. The molecular formula is C32H39Cl2N3O5S. The van der Waals surface area contributed by atoms with E-state index in [0.29, 0.717) is 27.0 Å². The Morgan fingerprint density at radius 3 is 2.28 bits per heavy atom. The number of halogens is 2. The molecule has 232 valence electrons. The third-order valence-corrected chi connectivity index (χ3v) is 8.40. The Morgan fingerprint density at radius 2 is 1.67 bits per heavy atom. The molecule has 0 aliphatic carbocycles. The molecule has 3 aromatic rings. The van der Waals surface area contributed by atoms with Gasteiger partial charge in [0.05, 0.1) is 19.1 Å². The van der Waals surface area contributed by atoms with Gasteiger partial charge in [-0.2, -0.15) is 0 Å². The number of nitrogens with zero attached hydrogens (tertiary/aromatic N) is 2. The molecule has 0 radical (unpaired) electrons. The maximum absolute atomic E-state index is 14.0. The molecule has 3 rings (SSSR count). The Labute approximate surface area is 265 Å². The van der Waals surface area contributed by atoms with Crippen molar-refractivity contribution in [2.45, 2.75) is 58.2 Å². The SMILES string of the molecule is COc1cccc(N(CCCC(=O)N(Cc2ccc(Cl)cc2Cl)C(Cc2ccccc2)C(=O)NC(C)(C)C)S(C)(=O)=O)c1. The number of nitrogens with one attached hydrogen (secondary N) is 1. The van der Waals surface area contributed by atoms with Crippen LogP contribution in [0.2, 0.25) is 10.0 Å². The van der Waals surface area contributed by atoms with E-state index < -0.39 is 21.6 Å². The number of hydrogen-bond donors (Lipinski definition) is 1. The Hall–Kier alpha value is -3.27. The summed E-state index contributed by atoms with van der Waals surface area (Å²) < 4.78 is 31.9. The summed E-state index contributed by atoms with van der Waals surface area (Å²) in [5.74, 6) is -0.0964. The lowest BCUT2D eigenvalue weighted by Crippen LogP contribution is -2.54. The maximum atomic E-state index is 14.0. The number of ether oxygens (including phenoxy) is 1. The highest BCUT2D eigenvalue weighted by Crippen LogP contribution is 2.26. The summed E-state index contributed by atoms with van der Waals surface area (Å²) in [6, 6.07) is 20.4. The fourth-order valence-corrected chi connectivity index (χ4v) is 6.04. The van der Waals surface area contributed by atoms with Crippen LogP contribution in [0.3, 0.4) is 0 Å². The third kappa shape index (κ3) is 10.4. The lowest BCUT2D eigenvalue weighted by molar-refractivity contribution is -0.142. The van der Waals surface area contributed by atoms with Crippen LogP contribution in [0, 0.1) is 0 Å². The molecule has 8 nitrogen and oxygen atoms in total. The normalized spacial score (nSPS) is 12.3. The molecule has 0 spiro atoms. The predicted molar refractivity (Wildman–Crippen MR) is 173 cm³/mol. The number of benzene rings is 3. The van der Waals surface area contributed by atoms with Gasteiger partial charge in [0.1, 0.15) is 11.8 Å². The molecule has 0 aliphatic heterocycles. The predicted octanol–water partition coefficient (Wildman–Crippen LogP) is 6.10. The first-order chi connectivity index (χ1) is 20.2. The zero-order valence-corrected chi connectivity index (χ0v) is 27.5. The number of hydrogen-bond acceptors (Lipinski definition) is 5. The van der Waals surface area contributed by atoms with Crippen LogP contribution in [0.25, 0.3) is 0 Å². The summed E-state index contributed by atoms with van der Waals surface area (Å²) >= 11 is 12.6. The summed E-state index contributed by atoms with van der Waals surface area (Å²) in [5, 5.41) is 3.86. The van der Waals surface area contributed by atoms with Crippen LogP contribution in [0.5, 0.6) is 5.75 Å². The second-order valence-corrected chi connectivity index (χ2v) is 14.1. The van der Waals surface area contributed by atoms with E-state index in [-0.39, 0.29) is 44.2 Å². The number of amides is 2. The topological polar surface area (TPSA) is 96.0 Å². The molecule has 1 unspecified atom stereocenters. The molecule has 0 bridgehead atoms. The van der Waals surface area contributed by atoms with E-state index in [9.17, 15) is 18.0 Å². The molecule has 2 amide bonds. The van der Waals surface area contributed by atoms with Crippen LogP contribution in [-0.4, -0.2) is 56.6 Å². The van der Waals surface area contributed by atoms with Crippen molar-refractivity contribution in [3.63, 3.8) is 0 Å². The summed E-state index contributed by atoms with van der Waals surface area (Å²) in [6.45, 7) is 5.77. The molecule has 3 aromatic carbocycles. The molecule has 11 heteroatoms. The van der Waals surface area contributed by atoms with Gasteiger partial charge in [-0.1, -0.05) is 65.7 Å². The van der Waals surface area contributed by atoms with Gasteiger partial charge in [0.2, 0.25) is 21.8 Å². The van der Waals surface area contributed by atoms with E-state index in [1.54, 1.807) is 42.5 Å². The van der Waals surface area contributed by atoms with Crippen LogP contribution < -0.4 is 14.4 Å². The second-order valence-electron chi connectivity index (χ2n) is 11.3. The average molecular weight is 649 g/mol. The van der Waals surface area contributed by atoms with Crippen molar-refractivity contribution in [1.82, 2.24) is 10.2 Å². The largest absolute Gasteiger partial charge is 0.497 e. The second kappa shape index (κ2) is 14.9. The van der Waals surface area contributed by atoms with Crippen molar-refractivity contribution in [3.8, 4) is 5.75 Å².